The third kappa shape index (κ3) is 2.49. The quantitative estimate of drug-likeness (QED) is 0.701. The molecule has 0 aliphatic carbocycles. The van der Waals surface area contributed by atoms with Crippen molar-refractivity contribution < 1.29 is 0 Å². The van der Waals surface area contributed by atoms with Crippen LogP contribution in [-0.4, -0.2) is 9.13 Å². The van der Waals surface area contributed by atoms with Gasteiger partial charge in [-0.2, -0.15) is 0 Å². The number of nitrogens with zero attached hydrogens (tertiary/aromatic N) is 2. The van der Waals surface area contributed by atoms with Crippen molar-refractivity contribution >= 4 is 37.5 Å². The Labute approximate surface area is 133 Å². The fourth-order valence-corrected chi connectivity index (χ4v) is 3.56. The Morgan fingerprint density at radius 1 is 1.19 bits per heavy atom. The normalized spacial score (nSPS) is 11.2. The van der Waals surface area contributed by atoms with Gasteiger partial charge >= 0.3 is 5.69 Å². The summed E-state index contributed by atoms with van der Waals surface area (Å²) in [6, 6.07) is 9.67. The maximum atomic E-state index is 12.4. The summed E-state index contributed by atoms with van der Waals surface area (Å²) in [6.45, 7) is 2.40. The third-order valence-electron chi connectivity index (χ3n) is 3.39. The molecule has 0 saturated carbocycles. The van der Waals surface area contributed by atoms with Crippen molar-refractivity contribution in [2.45, 2.75) is 13.5 Å². The maximum absolute atomic E-state index is 12.4. The summed E-state index contributed by atoms with van der Waals surface area (Å²) in [5, 5.41) is 0.608. The van der Waals surface area contributed by atoms with Gasteiger partial charge in [0.15, 0.2) is 0 Å². The minimum absolute atomic E-state index is 0.230. The highest BCUT2D eigenvalue weighted by atomic mass is 79.9. The van der Waals surface area contributed by atoms with Crippen LogP contribution in [0.2, 0.25) is 0 Å². The number of hydrogen-bond donors (Lipinski definition) is 0. The Bertz CT molecular complexity index is 935. The number of benzene rings is 1. The van der Waals surface area contributed by atoms with Gasteiger partial charge in [-0.1, -0.05) is 28.1 Å². The smallest absolute Gasteiger partial charge is 0.280 e. The van der Waals surface area contributed by atoms with Gasteiger partial charge in [0, 0.05) is 16.4 Å². The van der Waals surface area contributed by atoms with Crippen molar-refractivity contribution in [1.82, 2.24) is 9.13 Å². The molecule has 0 aliphatic heterocycles. The number of aryl methyl sites for hydroxylation is 1. The van der Waals surface area contributed by atoms with Crippen LogP contribution in [0.25, 0.3) is 10.2 Å². The fourth-order valence-electron chi connectivity index (χ4n) is 2.30. The van der Waals surface area contributed by atoms with Crippen LogP contribution in [0.1, 0.15) is 10.4 Å². The fraction of sp³-hybridized carbons (Fsp3) is 0.200. The second kappa shape index (κ2) is 5.27. The number of aromatic nitrogens is 2. The first-order valence-corrected chi connectivity index (χ1v) is 8.03. The number of hydrogen-bond acceptors (Lipinski definition) is 3. The van der Waals surface area contributed by atoms with E-state index in [2.05, 4.69) is 15.9 Å². The molecule has 21 heavy (non-hydrogen) atoms. The molecule has 0 atom stereocenters. The van der Waals surface area contributed by atoms with Crippen molar-refractivity contribution in [2.75, 3.05) is 0 Å². The summed E-state index contributed by atoms with van der Waals surface area (Å²) in [6.07, 6.45) is 0. The van der Waals surface area contributed by atoms with E-state index in [1.807, 2.05) is 37.3 Å². The molecule has 2 heterocycles. The molecule has 0 radical (unpaired) electrons. The summed E-state index contributed by atoms with van der Waals surface area (Å²) in [7, 11) is 1.52. The van der Waals surface area contributed by atoms with E-state index in [4.69, 9.17) is 0 Å². The molecule has 1 aromatic carbocycles. The number of rotatable bonds is 2. The average molecular weight is 365 g/mol. The molecule has 2 aromatic heterocycles. The molecular weight excluding hydrogens is 352 g/mol. The van der Waals surface area contributed by atoms with Gasteiger partial charge in [0.1, 0.15) is 4.83 Å². The molecular formula is C15H13BrN2O2S. The molecule has 0 saturated heterocycles. The topological polar surface area (TPSA) is 44.0 Å². The van der Waals surface area contributed by atoms with Gasteiger partial charge in [-0.15, -0.1) is 11.3 Å². The van der Waals surface area contributed by atoms with Gasteiger partial charge in [-0.05, 0) is 30.7 Å². The van der Waals surface area contributed by atoms with E-state index in [9.17, 15) is 9.59 Å². The van der Waals surface area contributed by atoms with Gasteiger partial charge < -0.3 is 0 Å². The molecule has 0 bridgehead atoms. The number of thiophene rings is 1. The highest BCUT2D eigenvalue weighted by Gasteiger charge is 2.13. The summed E-state index contributed by atoms with van der Waals surface area (Å²) < 4.78 is 3.83. The van der Waals surface area contributed by atoms with E-state index >= 15 is 0 Å². The summed E-state index contributed by atoms with van der Waals surface area (Å²) in [4.78, 5) is 26.3. The SMILES string of the molecule is Cc1cc2c(=O)n(C)c(=O)n(Cc3ccc(Br)cc3)c2s1. The first-order chi connectivity index (χ1) is 9.97. The molecule has 0 spiro atoms. The Balaban J connectivity index is 2.24. The highest BCUT2D eigenvalue weighted by Crippen LogP contribution is 2.22. The summed E-state index contributed by atoms with van der Waals surface area (Å²) >= 11 is 4.88. The van der Waals surface area contributed by atoms with Crippen LogP contribution in [0.5, 0.6) is 0 Å². The van der Waals surface area contributed by atoms with Crippen LogP contribution >= 0.6 is 27.3 Å². The van der Waals surface area contributed by atoms with Gasteiger partial charge in [-0.3, -0.25) is 13.9 Å². The predicted molar refractivity (Wildman–Crippen MR) is 89.3 cm³/mol. The maximum Gasteiger partial charge on any atom is 0.332 e. The van der Waals surface area contributed by atoms with Crippen molar-refractivity contribution in [2.24, 2.45) is 7.05 Å². The van der Waals surface area contributed by atoms with E-state index in [-0.39, 0.29) is 11.2 Å². The molecule has 6 heteroatoms. The Hall–Kier alpha value is -1.66. The van der Waals surface area contributed by atoms with E-state index in [0.29, 0.717) is 11.9 Å². The van der Waals surface area contributed by atoms with Gasteiger partial charge in [0.05, 0.1) is 11.9 Å². The minimum Gasteiger partial charge on any atom is -0.280 e. The van der Waals surface area contributed by atoms with Gasteiger partial charge in [0.2, 0.25) is 0 Å². The van der Waals surface area contributed by atoms with Crippen molar-refractivity contribution in [3.8, 4) is 0 Å². The van der Waals surface area contributed by atoms with Crippen LogP contribution in [0.4, 0.5) is 0 Å². The Morgan fingerprint density at radius 2 is 1.86 bits per heavy atom. The molecule has 4 nitrogen and oxygen atoms in total. The van der Waals surface area contributed by atoms with Crippen LogP contribution in [0, 0.1) is 6.92 Å². The third-order valence-corrected chi connectivity index (χ3v) is 4.99. The van der Waals surface area contributed by atoms with E-state index in [0.717, 1.165) is 19.7 Å². The van der Waals surface area contributed by atoms with Crippen LogP contribution in [0.3, 0.4) is 0 Å². The summed E-state index contributed by atoms with van der Waals surface area (Å²) in [5.74, 6) is 0. The zero-order chi connectivity index (χ0) is 15.1. The monoisotopic (exact) mass is 364 g/mol. The average Bonchev–Trinajstić information content (AvgIpc) is 2.85. The molecule has 0 N–H and O–H groups in total. The first kappa shape index (κ1) is 14.3. The zero-order valence-corrected chi connectivity index (χ0v) is 14.0. The largest absolute Gasteiger partial charge is 0.332 e. The second-order valence-electron chi connectivity index (χ2n) is 4.94. The zero-order valence-electron chi connectivity index (χ0n) is 11.6. The second-order valence-corrected chi connectivity index (χ2v) is 7.09. The van der Waals surface area contributed by atoms with Crippen LogP contribution in [-0.2, 0) is 13.6 Å². The van der Waals surface area contributed by atoms with Crippen molar-refractivity contribution in [1.29, 1.82) is 0 Å². The Kier molecular flexibility index (Phi) is 3.59. The lowest BCUT2D eigenvalue weighted by Gasteiger charge is -2.09. The lowest BCUT2D eigenvalue weighted by atomic mass is 10.2. The van der Waals surface area contributed by atoms with Gasteiger partial charge in [0.25, 0.3) is 5.56 Å². The van der Waals surface area contributed by atoms with E-state index in [1.165, 1.54) is 23.0 Å². The lowest BCUT2D eigenvalue weighted by Crippen LogP contribution is -2.37. The van der Waals surface area contributed by atoms with Gasteiger partial charge in [-0.25, -0.2) is 4.79 Å². The highest BCUT2D eigenvalue weighted by molar-refractivity contribution is 9.10. The molecule has 0 aliphatic rings. The standard InChI is InChI=1S/C15H13BrN2O2S/c1-9-7-12-13(19)17(2)15(20)18(14(12)21-9)8-10-3-5-11(16)6-4-10/h3-7H,8H2,1-2H3. The van der Waals surface area contributed by atoms with E-state index < -0.39 is 0 Å². The molecule has 0 fully saturated rings. The Morgan fingerprint density at radius 3 is 2.52 bits per heavy atom. The molecule has 0 amide bonds. The minimum atomic E-state index is -0.280. The summed E-state index contributed by atoms with van der Waals surface area (Å²) in [5.41, 5.74) is 0.509. The van der Waals surface area contributed by atoms with Crippen molar-refractivity contribution in [3.05, 3.63) is 66.1 Å². The van der Waals surface area contributed by atoms with Crippen molar-refractivity contribution in [3.63, 3.8) is 0 Å². The molecule has 0 unspecified atom stereocenters. The van der Waals surface area contributed by atoms with Crippen LogP contribution < -0.4 is 11.2 Å². The lowest BCUT2D eigenvalue weighted by molar-refractivity contribution is 0.678. The number of fused-ring (bicyclic) bond motifs is 1. The van der Waals surface area contributed by atoms with E-state index in [1.54, 1.807) is 4.57 Å². The first-order valence-electron chi connectivity index (χ1n) is 6.42. The molecule has 3 rings (SSSR count). The molecule has 3 aromatic rings. The number of halogens is 1. The van der Waals surface area contributed by atoms with Crippen LogP contribution in [0.15, 0.2) is 44.4 Å². The predicted octanol–water partition coefficient (Wildman–Crippen LogP) is 2.88. The molecule has 108 valence electrons.